The van der Waals surface area contributed by atoms with Crippen molar-refractivity contribution in [2.75, 3.05) is 13.6 Å². The van der Waals surface area contributed by atoms with Crippen molar-refractivity contribution in [3.63, 3.8) is 0 Å². The highest BCUT2D eigenvalue weighted by Crippen LogP contribution is 2.34. The monoisotopic (exact) mass is 264 g/mol. The van der Waals surface area contributed by atoms with E-state index in [1.165, 1.54) is 25.7 Å². The van der Waals surface area contributed by atoms with Crippen LogP contribution in [0.25, 0.3) is 0 Å². The van der Waals surface area contributed by atoms with E-state index in [4.69, 9.17) is 10.8 Å². The predicted molar refractivity (Wildman–Crippen MR) is 78.9 cm³/mol. The first-order valence-electron chi connectivity index (χ1n) is 7.56. The summed E-state index contributed by atoms with van der Waals surface area (Å²) in [7, 11) is 2.19. The molecule has 0 amide bonds. The van der Waals surface area contributed by atoms with E-state index in [1.807, 2.05) is 0 Å². The average Bonchev–Trinajstić information content (AvgIpc) is 3.07. The fraction of sp³-hybridized carbons (Fsp3) is 0.800. The minimum atomic E-state index is 0.208. The highest BCUT2D eigenvalue weighted by molar-refractivity contribution is 5.03. The first-order chi connectivity index (χ1) is 9.11. The lowest BCUT2D eigenvalue weighted by atomic mass is 9.95. The third-order valence-electron chi connectivity index (χ3n) is 4.83. The molecule has 1 aliphatic rings. The molecule has 1 saturated carbocycles. The lowest BCUT2D eigenvalue weighted by molar-refractivity contribution is 0.122. The van der Waals surface area contributed by atoms with E-state index in [2.05, 4.69) is 42.7 Å². The summed E-state index contributed by atoms with van der Waals surface area (Å²) in [5.41, 5.74) is 7.39. The van der Waals surface area contributed by atoms with Crippen molar-refractivity contribution in [3.05, 3.63) is 18.0 Å². The smallest absolute Gasteiger partial charge is 0.0764 e. The first kappa shape index (κ1) is 14.5. The summed E-state index contributed by atoms with van der Waals surface area (Å²) in [5, 5.41) is 4.69. The third kappa shape index (κ3) is 3.00. The molecule has 0 radical (unpaired) electrons. The van der Waals surface area contributed by atoms with Gasteiger partial charge in [-0.15, -0.1) is 0 Å². The summed E-state index contributed by atoms with van der Waals surface area (Å²) >= 11 is 0. The molecule has 1 fully saturated rings. The molecule has 1 aromatic heterocycles. The molecule has 1 unspecified atom stereocenters. The van der Waals surface area contributed by atoms with Crippen molar-refractivity contribution in [2.24, 2.45) is 5.73 Å². The fourth-order valence-corrected chi connectivity index (χ4v) is 3.08. The van der Waals surface area contributed by atoms with Gasteiger partial charge in [-0.25, -0.2) is 0 Å². The third-order valence-corrected chi connectivity index (χ3v) is 4.83. The number of hydrogen-bond acceptors (Lipinski definition) is 3. The van der Waals surface area contributed by atoms with E-state index in [0.29, 0.717) is 6.04 Å². The van der Waals surface area contributed by atoms with Gasteiger partial charge in [-0.1, -0.05) is 19.8 Å². The molecule has 2 N–H and O–H groups in total. The van der Waals surface area contributed by atoms with E-state index >= 15 is 0 Å². The van der Waals surface area contributed by atoms with Crippen LogP contribution in [-0.2, 0) is 6.54 Å². The zero-order chi connectivity index (χ0) is 13.9. The number of aromatic nitrogens is 2. The topological polar surface area (TPSA) is 47.1 Å². The number of nitrogens with two attached hydrogens (primary N) is 1. The highest BCUT2D eigenvalue weighted by atomic mass is 15.3. The van der Waals surface area contributed by atoms with Gasteiger partial charge in [-0.3, -0.25) is 9.58 Å². The second-order valence-corrected chi connectivity index (χ2v) is 6.04. The van der Waals surface area contributed by atoms with E-state index in [0.717, 1.165) is 25.2 Å². The minimum Gasteiger partial charge on any atom is -0.329 e. The van der Waals surface area contributed by atoms with Gasteiger partial charge in [0.1, 0.15) is 0 Å². The first-order valence-corrected chi connectivity index (χ1v) is 7.56. The zero-order valence-corrected chi connectivity index (χ0v) is 12.6. The Kier molecular flexibility index (Phi) is 4.63. The van der Waals surface area contributed by atoms with Crippen LogP contribution in [0.5, 0.6) is 0 Å². The summed E-state index contributed by atoms with van der Waals surface area (Å²) in [6, 6.07) is 2.62. The molecule has 0 aliphatic heterocycles. The lowest BCUT2D eigenvalue weighted by Crippen LogP contribution is -2.49. The van der Waals surface area contributed by atoms with Crippen LogP contribution >= 0.6 is 0 Å². The van der Waals surface area contributed by atoms with Crippen molar-refractivity contribution in [1.82, 2.24) is 14.7 Å². The molecule has 1 aromatic rings. The van der Waals surface area contributed by atoms with E-state index in [9.17, 15) is 0 Å². The molecule has 0 bridgehead atoms. The van der Waals surface area contributed by atoms with E-state index in [-0.39, 0.29) is 5.54 Å². The van der Waals surface area contributed by atoms with Crippen molar-refractivity contribution < 1.29 is 0 Å². The number of likely N-dealkylation sites (N-methyl/N-ethyl adjacent to an activating group) is 1. The Morgan fingerprint density at radius 1 is 1.47 bits per heavy atom. The summed E-state index contributed by atoms with van der Waals surface area (Å²) < 4.78 is 2.08. The average molecular weight is 264 g/mol. The normalized spacial score (nSPS) is 20.1. The Morgan fingerprint density at radius 3 is 2.74 bits per heavy atom. The number of hydrogen-bond donors (Lipinski definition) is 1. The summed E-state index contributed by atoms with van der Waals surface area (Å²) in [6.07, 6.45) is 8.29. The molecule has 1 heterocycles. The van der Waals surface area contributed by atoms with Gasteiger partial charge in [0.2, 0.25) is 0 Å². The summed E-state index contributed by atoms with van der Waals surface area (Å²) in [5.74, 6) is 0. The number of rotatable bonds is 6. The Balaban J connectivity index is 2.02. The molecule has 1 atom stereocenters. The molecule has 0 aromatic carbocycles. The maximum absolute atomic E-state index is 6.03. The van der Waals surface area contributed by atoms with Crippen LogP contribution in [0.15, 0.2) is 12.3 Å². The van der Waals surface area contributed by atoms with E-state index < -0.39 is 0 Å². The van der Waals surface area contributed by atoms with Crippen LogP contribution < -0.4 is 5.73 Å². The Bertz CT molecular complexity index is 393. The van der Waals surface area contributed by atoms with Crippen LogP contribution in [0.4, 0.5) is 0 Å². The van der Waals surface area contributed by atoms with Crippen molar-refractivity contribution >= 4 is 0 Å². The van der Waals surface area contributed by atoms with Gasteiger partial charge in [0.05, 0.1) is 5.69 Å². The van der Waals surface area contributed by atoms with Crippen LogP contribution in [0.1, 0.15) is 57.7 Å². The van der Waals surface area contributed by atoms with Gasteiger partial charge in [0.25, 0.3) is 0 Å². The Hall–Kier alpha value is -0.870. The van der Waals surface area contributed by atoms with E-state index in [1.54, 1.807) is 0 Å². The molecule has 2 rings (SSSR count). The second-order valence-electron chi connectivity index (χ2n) is 6.04. The van der Waals surface area contributed by atoms with Gasteiger partial charge >= 0.3 is 0 Å². The fourth-order valence-electron chi connectivity index (χ4n) is 3.08. The molecule has 108 valence electrons. The quantitative estimate of drug-likeness (QED) is 0.859. The predicted octanol–water partition coefficient (Wildman–Crippen LogP) is 2.56. The standard InChI is InChI=1S/C15H28N4/c1-4-13(2)19-10-7-14(17-19)11-18(3)15(12-16)8-5-6-9-15/h7,10,13H,4-6,8-9,11-12,16H2,1-3H3. The van der Waals surface area contributed by atoms with Crippen LogP contribution in [0.3, 0.4) is 0 Å². The van der Waals surface area contributed by atoms with Crippen LogP contribution in [0.2, 0.25) is 0 Å². The van der Waals surface area contributed by atoms with Gasteiger partial charge in [0.15, 0.2) is 0 Å². The second kappa shape index (κ2) is 6.06. The molecular formula is C15H28N4. The molecule has 1 aliphatic carbocycles. The summed E-state index contributed by atoms with van der Waals surface area (Å²) in [4.78, 5) is 2.42. The Morgan fingerprint density at radius 2 is 2.16 bits per heavy atom. The van der Waals surface area contributed by atoms with Gasteiger partial charge in [0, 0.05) is 30.9 Å². The molecule has 4 nitrogen and oxygen atoms in total. The molecule has 4 heteroatoms. The van der Waals surface area contributed by atoms with Crippen LogP contribution in [0, 0.1) is 0 Å². The van der Waals surface area contributed by atoms with Crippen molar-refractivity contribution in [2.45, 2.75) is 64.1 Å². The number of nitrogens with zero attached hydrogens (tertiary/aromatic N) is 3. The Labute approximate surface area is 117 Å². The zero-order valence-electron chi connectivity index (χ0n) is 12.6. The highest BCUT2D eigenvalue weighted by Gasteiger charge is 2.36. The molecule has 0 spiro atoms. The van der Waals surface area contributed by atoms with Crippen molar-refractivity contribution in [3.8, 4) is 0 Å². The van der Waals surface area contributed by atoms with Gasteiger partial charge in [-0.2, -0.15) is 5.10 Å². The van der Waals surface area contributed by atoms with Gasteiger partial charge < -0.3 is 5.73 Å². The largest absolute Gasteiger partial charge is 0.329 e. The maximum Gasteiger partial charge on any atom is 0.0764 e. The van der Waals surface area contributed by atoms with Crippen LogP contribution in [-0.4, -0.2) is 33.8 Å². The minimum absolute atomic E-state index is 0.208. The molecule has 0 saturated heterocycles. The maximum atomic E-state index is 6.03. The summed E-state index contributed by atoms with van der Waals surface area (Å²) in [6.45, 7) is 6.06. The lowest BCUT2D eigenvalue weighted by Gasteiger charge is -2.37. The molecule has 19 heavy (non-hydrogen) atoms. The van der Waals surface area contributed by atoms with Gasteiger partial charge in [-0.05, 0) is 39.3 Å². The SMILES string of the molecule is CCC(C)n1ccc(CN(C)C2(CN)CCCC2)n1. The van der Waals surface area contributed by atoms with Crippen molar-refractivity contribution in [1.29, 1.82) is 0 Å². The molecular weight excluding hydrogens is 236 g/mol.